The minimum atomic E-state index is -0.427. The SMILES string of the molecule is Br.CCN(CC)CC(O)c1ccc(-c2ccc(Br)cc2)cc1. The molecule has 0 aliphatic rings. The molecule has 0 spiro atoms. The number of hydrogen-bond donors (Lipinski definition) is 1. The van der Waals surface area contributed by atoms with E-state index in [1.165, 1.54) is 11.1 Å². The largest absolute Gasteiger partial charge is 0.387 e. The van der Waals surface area contributed by atoms with E-state index in [1.54, 1.807) is 0 Å². The molecule has 1 atom stereocenters. The first kappa shape index (κ1) is 19.4. The summed E-state index contributed by atoms with van der Waals surface area (Å²) in [5.41, 5.74) is 3.33. The second-order valence-electron chi connectivity index (χ2n) is 5.13. The fourth-order valence-electron chi connectivity index (χ4n) is 2.37. The van der Waals surface area contributed by atoms with Crippen molar-refractivity contribution in [3.8, 4) is 11.1 Å². The zero-order valence-electron chi connectivity index (χ0n) is 13.0. The normalized spacial score (nSPS) is 12.0. The quantitative estimate of drug-likeness (QED) is 0.694. The Morgan fingerprint density at radius 3 is 1.82 bits per heavy atom. The van der Waals surface area contributed by atoms with Crippen LogP contribution in [0.3, 0.4) is 0 Å². The van der Waals surface area contributed by atoms with Gasteiger partial charge in [0.2, 0.25) is 0 Å². The maximum atomic E-state index is 10.3. The molecule has 0 heterocycles. The van der Waals surface area contributed by atoms with Crippen LogP contribution in [0.2, 0.25) is 0 Å². The highest BCUT2D eigenvalue weighted by Crippen LogP contribution is 2.24. The Morgan fingerprint density at radius 2 is 1.36 bits per heavy atom. The van der Waals surface area contributed by atoms with Gasteiger partial charge >= 0.3 is 0 Å². The van der Waals surface area contributed by atoms with Crippen molar-refractivity contribution in [2.24, 2.45) is 0 Å². The molecular formula is C18H23Br2NO. The van der Waals surface area contributed by atoms with E-state index in [0.29, 0.717) is 6.54 Å². The summed E-state index contributed by atoms with van der Waals surface area (Å²) in [5.74, 6) is 0. The number of aliphatic hydroxyl groups excluding tert-OH is 1. The molecule has 0 radical (unpaired) electrons. The summed E-state index contributed by atoms with van der Waals surface area (Å²) >= 11 is 3.45. The molecule has 0 saturated heterocycles. The molecule has 0 aromatic heterocycles. The van der Waals surface area contributed by atoms with E-state index in [2.05, 4.69) is 58.9 Å². The highest BCUT2D eigenvalue weighted by molar-refractivity contribution is 9.10. The van der Waals surface area contributed by atoms with E-state index < -0.39 is 6.10 Å². The van der Waals surface area contributed by atoms with E-state index in [0.717, 1.165) is 23.1 Å². The molecule has 1 N–H and O–H groups in total. The molecule has 0 amide bonds. The van der Waals surface area contributed by atoms with E-state index in [9.17, 15) is 5.11 Å². The van der Waals surface area contributed by atoms with Crippen molar-refractivity contribution in [1.82, 2.24) is 4.90 Å². The van der Waals surface area contributed by atoms with Crippen LogP contribution in [0, 0.1) is 0 Å². The van der Waals surface area contributed by atoms with Crippen molar-refractivity contribution in [2.75, 3.05) is 19.6 Å². The summed E-state index contributed by atoms with van der Waals surface area (Å²) in [6.07, 6.45) is -0.427. The smallest absolute Gasteiger partial charge is 0.0916 e. The Hall–Kier alpha value is -0.680. The Balaban J connectivity index is 0.00000242. The second-order valence-corrected chi connectivity index (χ2v) is 6.05. The number of aliphatic hydroxyl groups is 1. The van der Waals surface area contributed by atoms with Gasteiger partial charge in [-0.05, 0) is 41.9 Å². The summed E-state index contributed by atoms with van der Waals surface area (Å²) in [6.45, 7) is 6.85. The minimum absolute atomic E-state index is 0. The van der Waals surface area contributed by atoms with E-state index in [-0.39, 0.29) is 17.0 Å². The number of rotatable bonds is 6. The molecule has 2 aromatic carbocycles. The van der Waals surface area contributed by atoms with E-state index in [4.69, 9.17) is 0 Å². The molecule has 4 heteroatoms. The Bertz CT molecular complexity index is 550. The third kappa shape index (κ3) is 5.20. The molecule has 120 valence electrons. The first-order valence-corrected chi connectivity index (χ1v) is 8.19. The molecule has 2 aromatic rings. The lowest BCUT2D eigenvalue weighted by atomic mass is 10.0. The van der Waals surface area contributed by atoms with Gasteiger partial charge in [0.25, 0.3) is 0 Å². The third-order valence-corrected chi connectivity index (χ3v) is 4.33. The van der Waals surface area contributed by atoms with Crippen LogP contribution in [0.1, 0.15) is 25.5 Å². The molecule has 1 unspecified atom stereocenters. The predicted molar refractivity (Wildman–Crippen MR) is 103 cm³/mol. The third-order valence-electron chi connectivity index (χ3n) is 3.80. The average molecular weight is 429 g/mol. The fraction of sp³-hybridized carbons (Fsp3) is 0.333. The average Bonchev–Trinajstić information content (AvgIpc) is 2.53. The van der Waals surface area contributed by atoms with Gasteiger partial charge in [0, 0.05) is 11.0 Å². The van der Waals surface area contributed by atoms with E-state index >= 15 is 0 Å². The zero-order chi connectivity index (χ0) is 15.2. The lowest BCUT2D eigenvalue weighted by Gasteiger charge is -2.22. The van der Waals surface area contributed by atoms with Gasteiger partial charge in [-0.2, -0.15) is 0 Å². The van der Waals surface area contributed by atoms with Gasteiger partial charge in [-0.15, -0.1) is 17.0 Å². The summed E-state index contributed by atoms with van der Waals surface area (Å²) in [7, 11) is 0. The van der Waals surface area contributed by atoms with Crippen LogP contribution in [0.4, 0.5) is 0 Å². The summed E-state index contributed by atoms with van der Waals surface area (Å²) in [4.78, 5) is 2.23. The van der Waals surface area contributed by atoms with Crippen LogP contribution in [-0.2, 0) is 0 Å². The monoisotopic (exact) mass is 427 g/mol. The van der Waals surface area contributed by atoms with Crippen molar-refractivity contribution in [3.05, 3.63) is 58.6 Å². The number of halogens is 2. The molecular weight excluding hydrogens is 406 g/mol. The summed E-state index contributed by atoms with van der Waals surface area (Å²) in [6, 6.07) is 16.4. The molecule has 0 fully saturated rings. The maximum Gasteiger partial charge on any atom is 0.0916 e. The molecule has 0 aliphatic carbocycles. The van der Waals surface area contributed by atoms with Crippen LogP contribution in [0.15, 0.2) is 53.0 Å². The van der Waals surface area contributed by atoms with Gasteiger partial charge in [0.15, 0.2) is 0 Å². The summed E-state index contributed by atoms with van der Waals surface area (Å²) in [5, 5.41) is 10.3. The fourth-order valence-corrected chi connectivity index (χ4v) is 2.64. The van der Waals surface area contributed by atoms with Gasteiger partial charge < -0.3 is 10.0 Å². The van der Waals surface area contributed by atoms with Gasteiger partial charge in [-0.3, -0.25) is 0 Å². The summed E-state index contributed by atoms with van der Waals surface area (Å²) < 4.78 is 1.08. The molecule has 0 bridgehead atoms. The first-order chi connectivity index (χ1) is 10.1. The van der Waals surface area contributed by atoms with Crippen LogP contribution < -0.4 is 0 Å². The predicted octanol–water partition coefficient (Wildman–Crippen LogP) is 5.07. The highest BCUT2D eigenvalue weighted by Gasteiger charge is 2.11. The zero-order valence-corrected chi connectivity index (χ0v) is 16.3. The Labute approximate surface area is 152 Å². The van der Waals surface area contributed by atoms with Crippen molar-refractivity contribution in [1.29, 1.82) is 0 Å². The van der Waals surface area contributed by atoms with Crippen molar-refractivity contribution >= 4 is 32.9 Å². The minimum Gasteiger partial charge on any atom is -0.387 e. The van der Waals surface area contributed by atoms with Gasteiger partial charge in [0.1, 0.15) is 0 Å². The number of likely N-dealkylation sites (N-methyl/N-ethyl adjacent to an activating group) is 1. The van der Waals surface area contributed by atoms with Crippen LogP contribution in [0.5, 0.6) is 0 Å². The van der Waals surface area contributed by atoms with Gasteiger partial charge in [0.05, 0.1) is 6.10 Å². The second kappa shape index (κ2) is 9.46. The molecule has 22 heavy (non-hydrogen) atoms. The molecule has 2 rings (SSSR count). The molecule has 2 nitrogen and oxygen atoms in total. The number of hydrogen-bond acceptors (Lipinski definition) is 2. The lowest BCUT2D eigenvalue weighted by Crippen LogP contribution is -2.28. The lowest BCUT2D eigenvalue weighted by molar-refractivity contribution is 0.119. The van der Waals surface area contributed by atoms with E-state index in [1.807, 2.05) is 24.3 Å². The molecule has 0 saturated carbocycles. The van der Waals surface area contributed by atoms with Gasteiger partial charge in [-0.1, -0.05) is 66.2 Å². The van der Waals surface area contributed by atoms with Gasteiger partial charge in [-0.25, -0.2) is 0 Å². The number of benzene rings is 2. The van der Waals surface area contributed by atoms with Crippen LogP contribution in [0.25, 0.3) is 11.1 Å². The van der Waals surface area contributed by atoms with Crippen molar-refractivity contribution in [2.45, 2.75) is 20.0 Å². The Morgan fingerprint density at radius 1 is 0.909 bits per heavy atom. The van der Waals surface area contributed by atoms with Crippen LogP contribution in [-0.4, -0.2) is 29.6 Å². The maximum absolute atomic E-state index is 10.3. The standard InChI is InChI=1S/C18H22BrNO.BrH/c1-3-20(4-2)13-18(21)16-7-5-14(6-8-16)15-9-11-17(19)12-10-15;/h5-12,18,21H,3-4,13H2,1-2H3;1H. The van der Waals surface area contributed by atoms with Crippen molar-refractivity contribution in [3.63, 3.8) is 0 Å². The number of nitrogens with zero attached hydrogens (tertiary/aromatic N) is 1. The van der Waals surface area contributed by atoms with Crippen molar-refractivity contribution < 1.29 is 5.11 Å². The first-order valence-electron chi connectivity index (χ1n) is 7.40. The topological polar surface area (TPSA) is 23.5 Å². The Kier molecular flexibility index (Phi) is 8.33. The molecule has 0 aliphatic heterocycles. The van der Waals surface area contributed by atoms with Crippen LogP contribution >= 0.6 is 32.9 Å². The highest BCUT2D eigenvalue weighted by atomic mass is 79.9.